The second-order valence-electron chi connectivity index (χ2n) is 20.1. The molecule has 0 bridgehead atoms. The van der Waals surface area contributed by atoms with Gasteiger partial charge in [0, 0.05) is 10.8 Å². The first-order valence-corrected chi connectivity index (χ1v) is 25.1. The molecule has 4 aliphatic rings. The normalized spacial score (nSPS) is 39.4. The van der Waals surface area contributed by atoms with Crippen molar-refractivity contribution >= 4 is 0 Å². The van der Waals surface area contributed by atoms with Crippen molar-refractivity contribution < 1.29 is 120 Å². The molecule has 0 aliphatic carbocycles. The van der Waals surface area contributed by atoms with E-state index < -0.39 is 160 Å². The molecule has 72 heavy (non-hydrogen) atoms. The SMILES string of the molecule is CCCCCC(CO[C@@H]1OC(CO)[C@@H](O)[C@H](O)C1O)(CO[C@@H]1OC(CO)[C@@H](O)[C@H](O)C1O)Cc1ccc(CC(CCCCC)(CO[C@@H]2OC(CO)[C@@H](O)[C@H](O)C2O)CO[C@@H]2OC(CO)[C@@H](O)[C@H](O)C2O)cc1. The minimum Gasteiger partial charge on any atom is -0.394 e. The first kappa shape index (κ1) is 61.1. The highest BCUT2D eigenvalue weighted by atomic mass is 16.7. The average molecular weight is 1040 g/mol. The molecule has 1 aromatic carbocycles. The predicted molar refractivity (Wildman–Crippen MR) is 246 cm³/mol. The van der Waals surface area contributed by atoms with Crippen LogP contribution in [0.4, 0.5) is 0 Å². The Morgan fingerprint density at radius 2 is 0.597 bits per heavy atom. The fourth-order valence-corrected chi connectivity index (χ4v) is 9.75. The van der Waals surface area contributed by atoms with Crippen LogP contribution in [0.3, 0.4) is 0 Å². The van der Waals surface area contributed by atoms with Gasteiger partial charge < -0.3 is 120 Å². The lowest BCUT2D eigenvalue weighted by Gasteiger charge is -2.43. The molecule has 4 saturated heterocycles. The van der Waals surface area contributed by atoms with Crippen LogP contribution in [0.2, 0.25) is 0 Å². The fraction of sp³-hybridized carbons (Fsp3) is 0.875. The van der Waals surface area contributed by atoms with Gasteiger partial charge in [-0.2, -0.15) is 0 Å². The lowest BCUT2D eigenvalue weighted by atomic mass is 9.76. The van der Waals surface area contributed by atoms with Gasteiger partial charge in [0.15, 0.2) is 25.2 Å². The number of hydrogen-bond donors (Lipinski definition) is 16. The molecule has 0 aromatic heterocycles. The highest BCUT2D eigenvalue weighted by molar-refractivity contribution is 5.25. The number of rotatable bonds is 28. The van der Waals surface area contributed by atoms with Crippen LogP contribution in [0.25, 0.3) is 0 Å². The van der Waals surface area contributed by atoms with E-state index in [2.05, 4.69) is 0 Å². The third-order valence-corrected chi connectivity index (χ3v) is 14.4. The summed E-state index contributed by atoms with van der Waals surface area (Å²) in [5.74, 6) is 0. The zero-order valence-electron chi connectivity index (χ0n) is 41.0. The molecule has 1 aromatic rings. The average Bonchev–Trinajstić information content (AvgIpc) is 3.38. The maximum absolute atomic E-state index is 10.9. The van der Waals surface area contributed by atoms with Crippen molar-refractivity contribution in [3.05, 3.63) is 35.4 Å². The van der Waals surface area contributed by atoms with Gasteiger partial charge in [-0.15, -0.1) is 0 Å². The van der Waals surface area contributed by atoms with Gasteiger partial charge in [-0.25, -0.2) is 0 Å². The Bertz CT molecular complexity index is 1480. The lowest BCUT2D eigenvalue weighted by molar-refractivity contribution is -0.318. The zero-order valence-corrected chi connectivity index (χ0v) is 41.0. The molecule has 0 amide bonds. The molecule has 16 N–H and O–H groups in total. The Balaban J connectivity index is 1.48. The van der Waals surface area contributed by atoms with Gasteiger partial charge in [0.2, 0.25) is 0 Å². The van der Waals surface area contributed by atoms with Crippen LogP contribution in [-0.4, -0.2) is 257 Å². The van der Waals surface area contributed by atoms with Crippen molar-refractivity contribution in [3.63, 3.8) is 0 Å². The third-order valence-electron chi connectivity index (χ3n) is 14.4. The number of unbranched alkanes of at least 4 members (excludes halogenated alkanes) is 4. The molecule has 0 saturated carbocycles. The summed E-state index contributed by atoms with van der Waals surface area (Å²) in [5, 5.41) is 167. The monoisotopic (exact) mass is 1040 g/mol. The Morgan fingerprint density at radius 3 is 0.806 bits per heavy atom. The summed E-state index contributed by atoms with van der Waals surface area (Å²) in [4.78, 5) is 0. The Labute approximate surface area is 418 Å². The molecule has 5 rings (SSSR count). The molecule has 0 radical (unpaired) electrons. The van der Waals surface area contributed by atoms with Crippen molar-refractivity contribution in [2.45, 2.75) is 201 Å². The number of ether oxygens (including phenoxy) is 8. The summed E-state index contributed by atoms with van der Waals surface area (Å²) in [6, 6.07) is 7.33. The van der Waals surface area contributed by atoms with Crippen LogP contribution < -0.4 is 0 Å². The lowest BCUT2D eigenvalue weighted by Crippen LogP contribution is -2.60. The molecular formula is C48H82O24. The predicted octanol–water partition coefficient (Wildman–Crippen LogP) is -4.83. The van der Waals surface area contributed by atoms with Gasteiger partial charge in [0.05, 0.1) is 52.9 Å². The van der Waals surface area contributed by atoms with E-state index in [0.717, 1.165) is 36.8 Å². The molecule has 4 heterocycles. The van der Waals surface area contributed by atoms with Crippen molar-refractivity contribution in [1.82, 2.24) is 0 Å². The molecule has 24 nitrogen and oxygen atoms in total. The van der Waals surface area contributed by atoms with E-state index in [0.29, 0.717) is 25.7 Å². The Hall–Kier alpha value is -1.74. The van der Waals surface area contributed by atoms with Gasteiger partial charge in [0.1, 0.15) is 97.7 Å². The molecule has 8 unspecified atom stereocenters. The summed E-state index contributed by atoms with van der Waals surface area (Å²) in [6.45, 7) is 0.290. The number of aliphatic hydroxyl groups excluding tert-OH is 16. The van der Waals surface area contributed by atoms with Gasteiger partial charge in [-0.05, 0) is 36.8 Å². The smallest absolute Gasteiger partial charge is 0.186 e. The van der Waals surface area contributed by atoms with E-state index in [1.807, 2.05) is 38.1 Å². The van der Waals surface area contributed by atoms with E-state index in [1.165, 1.54) is 0 Å². The van der Waals surface area contributed by atoms with Gasteiger partial charge in [0.25, 0.3) is 0 Å². The van der Waals surface area contributed by atoms with E-state index in [9.17, 15) is 81.7 Å². The quantitative estimate of drug-likeness (QED) is 0.0350. The molecule has 20 atom stereocenters. The Kier molecular flexibility index (Phi) is 24.3. The molecule has 4 aliphatic heterocycles. The van der Waals surface area contributed by atoms with Gasteiger partial charge >= 0.3 is 0 Å². The maximum Gasteiger partial charge on any atom is 0.186 e. The second-order valence-corrected chi connectivity index (χ2v) is 20.1. The number of benzene rings is 1. The van der Waals surface area contributed by atoms with Crippen LogP contribution in [0.5, 0.6) is 0 Å². The summed E-state index contributed by atoms with van der Waals surface area (Å²) in [6.07, 6.45) is -26.0. The van der Waals surface area contributed by atoms with Crippen molar-refractivity contribution in [1.29, 1.82) is 0 Å². The standard InChI is InChI=1S/C48H82O24/c1-3-5-7-13-47(21-65-43-39(61)35(57)31(53)27(17-49)69-43,22-66-44-40(62)36(58)32(54)28(18-50)70-44)15-25-9-11-26(12-10-25)16-48(14-8-6-4-2,23-67-45-41(63)37(59)33(55)29(19-51)71-45)24-68-46-42(64)38(60)34(56)30(20-52)72-46/h9-12,27-46,49-64H,3-8,13-24H2,1-2H3/t27?,28?,29?,30?,31-,32-,33-,34-,35+,36+,37+,38+,39?,40?,41?,42?,43-,44-,45-,46-,47?,48?/m1/s1. The minimum absolute atomic E-state index is 0.188. The van der Waals surface area contributed by atoms with Crippen LogP contribution >= 0.6 is 0 Å². The van der Waals surface area contributed by atoms with Crippen LogP contribution in [0, 0.1) is 10.8 Å². The summed E-state index contributed by atoms with van der Waals surface area (Å²) >= 11 is 0. The minimum atomic E-state index is -1.73. The highest BCUT2D eigenvalue weighted by Gasteiger charge is 2.50. The van der Waals surface area contributed by atoms with E-state index in [-0.39, 0.29) is 39.3 Å². The maximum atomic E-state index is 10.9. The first-order chi connectivity index (χ1) is 34.3. The molecular weight excluding hydrogens is 961 g/mol. The summed E-state index contributed by atoms with van der Waals surface area (Å²) in [7, 11) is 0. The highest BCUT2D eigenvalue weighted by Crippen LogP contribution is 2.38. The molecule has 418 valence electrons. The van der Waals surface area contributed by atoms with E-state index >= 15 is 0 Å². The fourth-order valence-electron chi connectivity index (χ4n) is 9.75. The topological polar surface area (TPSA) is 398 Å². The van der Waals surface area contributed by atoms with Crippen LogP contribution in [-0.2, 0) is 50.7 Å². The van der Waals surface area contributed by atoms with Gasteiger partial charge in [-0.3, -0.25) is 0 Å². The van der Waals surface area contributed by atoms with Crippen LogP contribution in [0.1, 0.15) is 76.3 Å². The number of aliphatic hydroxyl groups is 16. The van der Waals surface area contributed by atoms with E-state index in [1.54, 1.807) is 0 Å². The van der Waals surface area contributed by atoms with E-state index in [4.69, 9.17) is 37.9 Å². The van der Waals surface area contributed by atoms with Crippen LogP contribution in [0.15, 0.2) is 24.3 Å². The number of hydrogen-bond acceptors (Lipinski definition) is 24. The van der Waals surface area contributed by atoms with Crippen molar-refractivity contribution in [2.75, 3.05) is 52.9 Å². The summed E-state index contributed by atoms with van der Waals surface area (Å²) in [5.41, 5.74) is -0.679. The molecule has 0 spiro atoms. The molecule has 24 heteroatoms. The first-order valence-electron chi connectivity index (χ1n) is 25.1. The largest absolute Gasteiger partial charge is 0.394 e. The second kappa shape index (κ2) is 28.6. The Morgan fingerprint density at radius 1 is 0.361 bits per heavy atom. The van der Waals surface area contributed by atoms with Crippen molar-refractivity contribution in [3.8, 4) is 0 Å². The summed E-state index contributed by atoms with van der Waals surface area (Å²) < 4.78 is 47.4. The molecule has 4 fully saturated rings. The third kappa shape index (κ3) is 15.3. The van der Waals surface area contributed by atoms with Crippen molar-refractivity contribution in [2.24, 2.45) is 10.8 Å². The van der Waals surface area contributed by atoms with Gasteiger partial charge in [-0.1, -0.05) is 76.6 Å². The zero-order chi connectivity index (χ0) is 52.9.